The summed E-state index contributed by atoms with van der Waals surface area (Å²) < 4.78 is 5.98. The zero-order valence-electron chi connectivity index (χ0n) is 14.8. The Hall–Kier alpha value is -2.75. The van der Waals surface area contributed by atoms with E-state index in [1.807, 2.05) is 24.3 Å². The molecule has 4 nitrogen and oxygen atoms in total. The molecule has 3 aromatic rings. The first-order valence-corrected chi connectivity index (χ1v) is 8.36. The summed E-state index contributed by atoms with van der Waals surface area (Å²) in [5.41, 5.74) is 3.03. The Labute approximate surface area is 167 Å². The number of hydrogen-bond acceptors (Lipinski definition) is 4. The fourth-order valence-electron chi connectivity index (χ4n) is 3.56. The standard InChI is InChI=1S/C22H18O4.Cu/c1-13-11-15(7-9-19(13)23)22(16-8-10-20(24)14(2)12-16)18-6-4-3-5-17(18)21(25)26-22;/h3-12,23-24H,1-2H3;. The van der Waals surface area contributed by atoms with Crippen LogP contribution in [0.2, 0.25) is 0 Å². The van der Waals surface area contributed by atoms with Crippen LogP contribution in [0, 0.1) is 13.8 Å². The van der Waals surface area contributed by atoms with E-state index in [2.05, 4.69) is 0 Å². The van der Waals surface area contributed by atoms with Crippen molar-refractivity contribution in [1.29, 1.82) is 0 Å². The largest absolute Gasteiger partial charge is 0.508 e. The van der Waals surface area contributed by atoms with Crippen LogP contribution < -0.4 is 0 Å². The second-order valence-electron chi connectivity index (χ2n) is 6.62. The van der Waals surface area contributed by atoms with E-state index in [9.17, 15) is 15.0 Å². The van der Waals surface area contributed by atoms with Gasteiger partial charge in [-0.15, -0.1) is 0 Å². The van der Waals surface area contributed by atoms with Crippen LogP contribution in [0.25, 0.3) is 0 Å². The Balaban J connectivity index is 0.00000210. The molecule has 27 heavy (non-hydrogen) atoms. The van der Waals surface area contributed by atoms with Crippen molar-refractivity contribution in [3.63, 3.8) is 0 Å². The quantitative estimate of drug-likeness (QED) is 0.492. The first kappa shape index (κ1) is 19.0. The fourth-order valence-corrected chi connectivity index (χ4v) is 3.56. The van der Waals surface area contributed by atoms with E-state index >= 15 is 0 Å². The molecule has 5 heteroatoms. The van der Waals surface area contributed by atoms with Gasteiger partial charge in [0, 0.05) is 33.8 Å². The smallest absolute Gasteiger partial charge is 0.340 e. The van der Waals surface area contributed by atoms with Crippen molar-refractivity contribution in [3.05, 3.63) is 94.0 Å². The first-order chi connectivity index (χ1) is 12.4. The number of aromatic hydroxyl groups is 2. The van der Waals surface area contributed by atoms with Gasteiger partial charge in [0.2, 0.25) is 0 Å². The zero-order valence-corrected chi connectivity index (χ0v) is 15.7. The predicted octanol–water partition coefficient (Wildman–Crippen LogP) is 4.17. The minimum absolute atomic E-state index is 0. The van der Waals surface area contributed by atoms with Crippen LogP contribution in [0.3, 0.4) is 0 Å². The molecule has 0 amide bonds. The molecule has 0 fully saturated rings. The normalized spacial score (nSPS) is 14.2. The monoisotopic (exact) mass is 409 g/mol. The van der Waals surface area contributed by atoms with Crippen molar-refractivity contribution < 1.29 is 36.8 Å². The number of aryl methyl sites for hydroxylation is 2. The van der Waals surface area contributed by atoms with E-state index in [-0.39, 0.29) is 28.6 Å². The SMILES string of the molecule is Cc1cc(C2(c3ccc(O)c(C)c3)OC(=O)c3ccccc32)ccc1O.[Cu]. The zero-order chi connectivity index (χ0) is 18.5. The third kappa shape index (κ3) is 2.80. The Morgan fingerprint density at radius 1 is 0.815 bits per heavy atom. The third-order valence-electron chi connectivity index (χ3n) is 4.98. The number of benzene rings is 3. The molecule has 0 unspecified atom stereocenters. The van der Waals surface area contributed by atoms with E-state index in [1.165, 1.54) is 0 Å². The number of carbonyl (C=O) groups excluding carboxylic acids is 1. The Bertz CT molecular complexity index is 991. The van der Waals surface area contributed by atoms with Crippen LogP contribution in [-0.4, -0.2) is 16.2 Å². The minimum Gasteiger partial charge on any atom is -0.508 e. The van der Waals surface area contributed by atoms with Crippen molar-refractivity contribution in [2.45, 2.75) is 19.4 Å². The summed E-state index contributed by atoms with van der Waals surface area (Å²) in [7, 11) is 0. The molecular formula is C22H18CuO4. The Morgan fingerprint density at radius 2 is 1.33 bits per heavy atom. The van der Waals surface area contributed by atoms with Crippen molar-refractivity contribution in [3.8, 4) is 11.5 Å². The molecule has 0 bridgehead atoms. The van der Waals surface area contributed by atoms with Crippen LogP contribution >= 0.6 is 0 Å². The summed E-state index contributed by atoms with van der Waals surface area (Å²) >= 11 is 0. The number of phenolic OH excluding ortho intramolecular Hbond substituents is 2. The second kappa shape index (κ2) is 6.76. The van der Waals surface area contributed by atoms with Gasteiger partial charge in [-0.25, -0.2) is 4.79 Å². The molecule has 1 aliphatic heterocycles. The summed E-state index contributed by atoms with van der Waals surface area (Å²) in [5.74, 6) is -0.0242. The molecule has 4 rings (SSSR count). The van der Waals surface area contributed by atoms with Gasteiger partial charge in [0.1, 0.15) is 11.5 Å². The van der Waals surface area contributed by atoms with Gasteiger partial charge < -0.3 is 14.9 Å². The summed E-state index contributed by atoms with van der Waals surface area (Å²) in [6, 6.07) is 17.7. The number of carbonyl (C=O) groups is 1. The van der Waals surface area contributed by atoms with E-state index in [1.54, 1.807) is 50.2 Å². The van der Waals surface area contributed by atoms with E-state index in [0.29, 0.717) is 16.7 Å². The number of phenols is 2. The topological polar surface area (TPSA) is 66.8 Å². The van der Waals surface area contributed by atoms with E-state index in [4.69, 9.17) is 4.74 Å². The summed E-state index contributed by atoms with van der Waals surface area (Å²) in [4.78, 5) is 12.6. The van der Waals surface area contributed by atoms with Gasteiger partial charge in [0.05, 0.1) is 5.56 Å². The predicted molar refractivity (Wildman–Crippen MR) is 97.4 cm³/mol. The minimum atomic E-state index is -1.12. The number of ether oxygens (including phenoxy) is 1. The average Bonchev–Trinajstić information content (AvgIpc) is 2.94. The van der Waals surface area contributed by atoms with Crippen molar-refractivity contribution in [2.75, 3.05) is 0 Å². The average molecular weight is 410 g/mol. The summed E-state index contributed by atoms with van der Waals surface area (Å²) in [6.07, 6.45) is 0. The van der Waals surface area contributed by atoms with Gasteiger partial charge in [-0.05, 0) is 55.3 Å². The van der Waals surface area contributed by atoms with Gasteiger partial charge in [-0.3, -0.25) is 0 Å². The number of rotatable bonds is 2. The molecule has 1 radical (unpaired) electrons. The molecule has 2 N–H and O–H groups in total. The first-order valence-electron chi connectivity index (χ1n) is 8.36. The third-order valence-corrected chi connectivity index (χ3v) is 4.98. The Kier molecular flexibility index (Phi) is 4.77. The van der Waals surface area contributed by atoms with Crippen molar-refractivity contribution >= 4 is 5.97 Å². The van der Waals surface area contributed by atoms with Crippen LogP contribution in [-0.2, 0) is 27.4 Å². The molecular weight excluding hydrogens is 392 g/mol. The number of cyclic esters (lactones) is 1. The molecule has 0 saturated heterocycles. The number of esters is 1. The number of fused-ring (bicyclic) bond motifs is 1. The molecule has 0 spiro atoms. The second-order valence-corrected chi connectivity index (χ2v) is 6.62. The van der Waals surface area contributed by atoms with E-state index < -0.39 is 11.6 Å². The fraction of sp³-hybridized carbons (Fsp3) is 0.136. The van der Waals surface area contributed by atoms with Crippen molar-refractivity contribution in [1.82, 2.24) is 0 Å². The Morgan fingerprint density at radius 3 is 1.85 bits per heavy atom. The number of hydrogen-bond donors (Lipinski definition) is 2. The van der Waals surface area contributed by atoms with Crippen LogP contribution in [0.4, 0.5) is 0 Å². The molecule has 0 aromatic heterocycles. The van der Waals surface area contributed by atoms with Gasteiger partial charge >= 0.3 is 5.97 Å². The molecule has 3 aromatic carbocycles. The van der Waals surface area contributed by atoms with Crippen LogP contribution in [0.5, 0.6) is 11.5 Å². The molecule has 0 aliphatic carbocycles. The molecule has 141 valence electrons. The van der Waals surface area contributed by atoms with E-state index in [0.717, 1.165) is 16.7 Å². The summed E-state index contributed by atoms with van der Waals surface area (Å²) in [6.45, 7) is 3.61. The molecule has 1 aliphatic rings. The summed E-state index contributed by atoms with van der Waals surface area (Å²) in [5, 5.41) is 19.9. The maximum Gasteiger partial charge on any atom is 0.340 e. The molecule has 0 saturated carbocycles. The van der Waals surface area contributed by atoms with Gasteiger partial charge in [0.15, 0.2) is 5.60 Å². The maximum absolute atomic E-state index is 12.6. The van der Waals surface area contributed by atoms with Crippen LogP contribution in [0.1, 0.15) is 38.2 Å². The maximum atomic E-state index is 12.6. The molecule has 1 heterocycles. The van der Waals surface area contributed by atoms with Gasteiger partial charge in [-0.1, -0.05) is 30.3 Å². The molecule has 0 atom stereocenters. The van der Waals surface area contributed by atoms with Gasteiger partial charge in [-0.2, -0.15) is 0 Å². The van der Waals surface area contributed by atoms with Crippen LogP contribution in [0.15, 0.2) is 60.7 Å². The van der Waals surface area contributed by atoms with Crippen molar-refractivity contribution in [2.24, 2.45) is 0 Å². The van der Waals surface area contributed by atoms with Gasteiger partial charge in [0.25, 0.3) is 0 Å².